The van der Waals surface area contributed by atoms with Crippen molar-refractivity contribution in [3.05, 3.63) is 47.3 Å². The van der Waals surface area contributed by atoms with Crippen LogP contribution in [-0.4, -0.2) is 17.0 Å². The molecular formula is C16H20FN3O. The molecule has 1 aromatic carbocycles. The number of nitrogens with zero attached hydrogens (tertiary/aromatic N) is 2. The molecule has 0 fully saturated rings. The summed E-state index contributed by atoms with van der Waals surface area (Å²) in [5.74, 6) is 1.23. The molecule has 21 heavy (non-hydrogen) atoms. The Bertz CT molecular complexity index is 629. The molecule has 0 saturated carbocycles. The van der Waals surface area contributed by atoms with Crippen LogP contribution in [0.25, 0.3) is 0 Å². The van der Waals surface area contributed by atoms with Gasteiger partial charge < -0.3 is 10.1 Å². The maximum atomic E-state index is 13.8. The highest BCUT2D eigenvalue weighted by atomic mass is 19.1. The van der Waals surface area contributed by atoms with Crippen LogP contribution in [0.15, 0.2) is 24.4 Å². The maximum absolute atomic E-state index is 13.8. The second-order valence-electron chi connectivity index (χ2n) is 5.26. The lowest BCUT2D eigenvalue weighted by Crippen LogP contribution is -2.11. The van der Waals surface area contributed by atoms with E-state index in [4.69, 9.17) is 4.74 Å². The zero-order valence-electron chi connectivity index (χ0n) is 12.8. The lowest BCUT2D eigenvalue weighted by molar-refractivity contribution is 0.429. The van der Waals surface area contributed by atoms with Gasteiger partial charge in [0.05, 0.1) is 6.20 Å². The van der Waals surface area contributed by atoms with Gasteiger partial charge in [-0.3, -0.25) is 0 Å². The third-order valence-corrected chi connectivity index (χ3v) is 3.02. The van der Waals surface area contributed by atoms with E-state index in [1.807, 2.05) is 27.8 Å². The Balaban J connectivity index is 2.36. The first-order valence-electron chi connectivity index (χ1n) is 6.95. The van der Waals surface area contributed by atoms with E-state index in [2.05, 4.69) is 15.3 Å². The van der Waals surface area contributed by atoms with Crippen molar-refractivity contribution in [3.8, 4) is 11.5 Å². The van der Waals surface area contributed by atoms with Gasteiger partial charge in [-0.2, -0.15) is 0 Å². The molecule has 112 valence electrons. The fourth-order valence-electron chi connectivity index (χ4n) is 1.89. The molecule has 1 aromatic heterocycles. The van der Waals surface area contributed by atoms with E-state index in [0.717, 1.165) is 17.1 Å². The van der Waals surface area contributed by atoms with Crippen LogP contribution in [-0.2, 0) is 6.54 Å². The molecule has 0 amide bonds. The van der Waals surface area contributed by atoms with Crippen molar-refractivity contribution in [1.82, 2.24) is 15.3 Å². The average Bonchev–Trinajstić information content (AvgIpc) is 2.44. The second kappa shape index (κ2) is 6.63. The molecular weight excluding hydrogens is 269 g/mol. The van der Waals surface area contributed by atoms with Crippen LogP contribution >= 0.6 is 0 Å². The predicted octanol–water partition coefficient (Wildman–Crippen LogP) is 3.56. The average molecular weight is 289 g/mol. The van der Waals surface area contributed by atoms with Crippen molar-refractivity contribution in [1.29, 1.82) is 0 Å². The Morgan fingerprint density at radius 1 is 1.29 bits per heavy atom. The lowest BCUT2D eigenvalue weighted by Gasteiger charge is -2.13. The summed E-state index contributed by atoms with van der Waals surface area (Å²) in [6.45, 7) is 6.47. The summed E-state index contributed by atoms with van der Waals surface area (Å²) in [5.41, 5.74) is 1.65. The molecule has 2 aromatic rings. The normalized spacial score (nSPS) is 11.0. The van der Waals surface area contributed by atoms with Gasteiger partial charge in [-0.15, -0.1) is 0 Å². The Labute approximate surface area is 124 Å². The van der Waals surface area contributed by atoms with Crippen LogP contribution < -0.4 is 10.1 Å². The van der Waals surface area contributed by atoms with Crippen LogP contribution in [0.1, 0.15) is 36.8 Å². The highest BCUT2D eigenvalue weighted by Crippen LogP contribution is 2.27. The smallest absolute Gasteiger partial charge is 0.168 e. The van der Waals surface area contributed by atoms with Crippen molar-refractivity contribution >= 4 is 0 Å². The van der Waals surface area contributed by atoms with Crippen molar-refractivity contribution in [2.24, 2.45) is 0 Å². The third kappa shape index (κ3) is 3.76. The number of hydrogen-bond acceptors (Lipinski definition) is 4. The van der Waals surface area contributed by atoms with Crippen LogP contribution in [0.2, 0.25) is 0 Å². The van der Waals surface area contributed by atoms with Gasteiger partial charge in [-0.25, -0.2) is 14.4 Å². The number of benzene rings is 1. The SMILES string of the molecule is CNCc1nc(C(C)C)ncc1Oc1cc(C)ccc1F. The number of ether oxygens (including phenoxy) is 1. The molecule has 0 aliphatic heterocycles. The largest absolute Gasteiger partial charge is 0.451 e. The fourth-order valence-corrected chi connectivity index (χ4v) is 1.89. The molecule has 1 heterocycles. The zero-order valence-corrected chi connectivity index (χ0v) is 12.8. The Morgan fingerprint density at radius 2 is 2.05 bits per heavy atom. The van der Waals surface area contributed by atoms with Crippen LogP contribution in [0, 0.1) is 12.7 Å². The van der Waals surface area contributed by atoms with Crippen LogP contribution in [0.4, 0.5) is 4.39 Å². The van der Waals surface area contributed by atoms with Crippen molar-refractivity contribution < 1.29 is 9.13 Å². The van der Waals surface area contributed by atoms with E-state index in [-0.39, 0.29) is 11.7 Å². The molecule has 0 atom stereocenters. The monoisotopic (exact) mass is 289 g/mol. The highest BCUT2D eigenvalue weighted by Gasteiger charge is 2.13. The summed E-state index contributed by atoms with van der Waals surface area (Å²) < 4.78 is 19.5. The summed E-state index contributed by atoms with van der Waals surface area (Å²) in [5, 5.41) is 3.04. The second-order valence-corrected chi connectivity index (χ2v) is 5.26. The van der Waals surface area contributed by atoms with Gasteiger partial charge in [0.2, 0.25) is 0 Å². The first-order valence-corrected chi connectivity index (χ1v) is 6.95. The third-order valence-electron chi connectivity index (χ3n) is 3.02. The molecule has 0 radical (unpaired) electrons. The van der Waals surface area contributed by atoms with E-state index in [0.29, 0.717) is 12.3 Å². The predicted molar refractivity (Wildman–Crippen MR) is 80.1 cm³/mol. The quantitative estimate of drug-likeness (QED) is 0.914. The van der Waals surface area contributed by atoms with Gasteiger partial charge >= 0.3 is 0 Å². The minimum Gasteiger partial charge on any atom is -0.451 e. The number of rotatable bonds is 5. The van der Waals surface area contributed by atoms with Gasteiger partial charge in [0.15, 0.2) is 17.3 Å². The Kier molecular flexibility index (Phi) is 4.85. The number of aromatic nitrogens is 2. The minimum absolute atomic E-state index is 0.188. The van der Waals surface area contributed by atoms with E-state index < -0.39 is 5.82 Å². The number of nitrogens with one attached hydrogen (secondary N) is 1. The van der Waals surface area contributed by atoms with E-state index in [1.165, 1.54) is 6.07 Å². The summed E-state index contributed by atoms with van der Waals surface area (Å²) >= 11 is 0. The van der Waals surface area contributed by atoms with Crippen LogP contribution in [0.5, 0.6) is 11.5 Å². The minimum atomic E-state index is -0.399. The first kappa shape index (κ1) is 15.4. The lowest BCUT2D eigenvalue weighted by atomic mass is 10.2. The fraction of sp³-hybridized carbons (Fsp3) is 0.375. The molecule has 0 spiro atoms. The molecule has 0 aliphatic carbocycles. The Morgan fingerprint density at radius 3 is 2.71 bits per heavy atom. The van der Waals surface area contributed by atoms with Crippen molar-refractivity contribution in [3.63, 3.8) is 0 Å². The van der Waals surface area contributed by atoms with Gasteiger partial charge in [0.25, 0.3) is 0 Å². The topological polar surface area (TPSA) is 47.0 Å². The van der Waals surface area contributed by atoms with Crippen LogP contribution in [0.3, 0.4) is 0 Å². The summed E-state index contributed by atoms with van der Waals surface area (Å²) in [4.78, 5) is 8.77. The molecule has 5 heteroatoms. The standard InChI is InChI=1S/C16H20FN3O/c1-10(2)16-19-9-15(13(20-16)8-18-4)21-14-7-11(3)5-6-12(14)17/h5-7,9-10,18H,8H2,1-4H3. The molecule has 4 nitrogen and oxygen atoms in total. The molecule has 0 bridgehead atoms. The first-order chi connectivity index (χ1) is 10.0. The Hall–Kier alpha value is -2.01. The van der Waals surface area contributed by atoms with E-state index in [1.54, 1.807) is 18.3 Å². The summed E-state index contributed by atoms with van der Waals surface area (Å²) in [7, 11) is 1.83. The number of halogens is 1. The van der Waals surface area contributed by atoms with E-state index in [9.17, 15) is 4.39 Å². The van der Waals surface area contributed by atoms with Gasteiger partial charge in [0.1, 0.15) is 11.5 Å². The highest BCUT2D eigenvalue weighted by molar-refractivity contribution is 5.36. The maximum Gasteiger partial charge on any atom is 0.168 e. The van der Waals surface area contributed by atoms with Gasteiger partial charge in [-0.1, -0.05) is 19.9 Å². The molecule has 1 N–H and O–H groups in total. The molecule has 0 unspecified atom stereocenters. The number of aryl methyl sites for hydroxylation is 1. The molecule has 0 aliphatic rings. The summed E-state index contributed by atoms with van der Waals surface area (Å²) in [6, 6.07) is 4.76. The number of hydrogen-bond donors (Lipinski definition) is 1. The zero-order chi connectivity index (χ0) is 15.4. The van der Waals surface area contributed by atoms with Gasteiger partial charge in [0, 0.05) is 12.5 Å². The van der Waals surface area contributed by atoms with Gasteiger partial charge in [-0.05, 0) is 31.7 Å². The molecule has 0 saturated heterocycles. The van der Waals surface area contributed by atoms with Crippen molar-refractivity contribution in [2.75, 3.05) is 7.05 Å². The van der Waals surface area contributed by atoms with E-state index >= 15 is 0 Å². The summed E-state index contributed by atoms with van der Waals surface area (Å²) in [6.07, 6.45) is 1.61. The molecule has 2 rings (SSSR count). The van der Waals surface area contributed by atoms with Crippen molar-refractivity contribution in [2.45, 2.75) is 33.2 Å².